The molecule has 1 amide bonds. The van der Waals surface area contributed by atoms with E-state index in [-0.39, 0.29) is 5.91 Å². The number of aromatic nitrogens is 1. The van der Waals surface area contributed by atoms with Crippen molar-refractivity contribution in [3.63, 3.8) is 0 Å². The normalized spacial score (nSPS) is 10.8. The third kappa shape index (κ3) is 4.74. The molecule has 140 valence electrons. The lowest BCUT2D eigenvalue weighted by molar-refractivity contribution is 0.102. The SMILES string of the molecule is COc1cc(NC(=O)c2ccc(OCCN(C)C)cc2)c2ccncc2c1. The molecule has 0 bridgehead atoms. The van der Waals surface area contributed by atoms with Gasteiger partial charge >= 0.3 is 0 Å². The number of ether oxygens (including phenoxy) is 2. The fourth-order valence-corrected chi connectivity index (χ4v) is 2.65. The van der Waals surface area contributed by atoms with E-state index >= 15 is 0 Å². The first-order valence-corrected chi connectivity index (χ1v) is 8.67. The molecule has 2 aromatic carbocycles. The van der Waals surface area contributed by atoms with Crippen molar-refractivity contribution in [1.29, 1.82) is 0 Å². The zero-order valence-electron chi connectivity index (χ0n) is 15.7. The fraction of sp³-hybridized carbons (Fsp3) is 0.238. The highest BCUT2D eigenvalue weighted by Gasteiger charge is 2.11. The summed E-state index contributed by atoms with van der Waals surface area (Å²) < 4.78 is 11.0. The van der Waals surface area contributed by atoms with Gasteiger partial charge in [-0.25, -0.2) is 0 Å². The number of pyridine rings is 1. The number of nitrogens with zero attached hydrogens (tertiary/aromatic N) is 2. The van der Waals surface area contributed by atoms with Crippen LogP contribution in [0.3, 0.4) is 0 Å². The maximum absolute atomic E-state index is 12.7. The zero-order valence-corrected chi connectivity index (χ0v) is 15.7. The van der Waals surface area contributed by atoms with Gasteiger partial charge in [0, 0.05) is 41.3 Å². The number of carbonyl (C=O) groups is 1. The predicted octanol–water partition coefficient (Wildman–Crippen LogP) is 3.44. The Morgan fingerprint density at radius 3 is 2.59 bits per heavy atom. The van der Waals surface area contributed by atoms with E-state index in [2.05, 4.69) is 15.2 Å². The van der Waals surface area contributed by atoms with Gasteiger partial charge in [-0.1, -0.05) is 0 Å². The van der Waals surface area contributed by atoms with Crippen LogP contribution in [-0.4, -0.2) is 50.1 Å². The molecule has 1 heterocycles. The van der Waals surface area contributed by atoms with Crippen LogP contribution >= 0.6 is 0 Å². The molecule has 6 nitrogen and oxygen atoms in total. The molecular formula is C21H23N3O3. The molecule has 0 aliphatic rings. The van der Waals surface area contributed by atoms with E-state index < -0.39 is 0 Å². The molecule has 0 atom stereocenters. The van der Waals surface area contributed by atoms with Gasteiger partial charge in [-0.15, -0.1) is 0 Å². The Kier molecular flexibility index (Phi) is 5.88. The van der Waals surface area contributed by atoms with Crippen LogP contribution in [0.15, 0.2) is 54.9 Å². The van der Waals surface area contributed by atoms with E-state index in [1.807, 2.05) is 26.2 Å². The van der Waals surface area contributed by atoms with E-state index in [0.717, 1.165) is 23.1 Å². The molecule has 27 heavy (non-hydrogen) atoms. The monoisotopic (exact) mass is 365 g/mol. The van der Waals surface area contributed by atoms with Crippen molar-refractivity contribution in [3.8, 4) is 11.5 Å². The van der Waals surface area contributed by atoms with Crippen LogP contribution in [0, 0.1) is 0 Å². The van der Waals surface area contributed by atoms with Gasteiger partial charge in [0.25, 0.3) is 5.91 Å². The van der Waals surface area contributed by atoms with E-state index in [1.165, 1.54) is 0 Å². The predicted molar refractivity (Wildman–Crippen MR) is 107 cm³/mol. The lowest BCUT2D eigenvalue weighted by atomic mass is 10.1. The minimum atomic E-state index is -0.193. The Labute approximate surface area is 158 Å². The zero-order chi connectivity index (χ0) is 19.2. The summed E-state index contributed by atoms with van der Waals surface area (Å²) in [6.45, 7) is 1.43. The molecule has 6 heteroatoms. The van der Waals surface area contributed by atoms with Crippen molar-refractivity contribution in [1.82, 2.24) is 9.88 Å². The van der Waals surface area contributed by atoms with Crippen LogP contribution in [0.4, 0.5) is 5.69 Å². The summed E-state index contributed by atoms with van der Waals surface area (Å²) in [7, 11) is 5.59. The van der Waals surface area contributed by atoms with Crippen molar-refractivity contribution >= 4 is 22.4 Å². The van der Waals surface area contributed by atoms with E-state index in [0.29, 0.717) is 23.6 Å². The third-order valence-electron chi connectivity index (χ3n) is 4.13. The highest BCUT2D eigenvalue weighted by molar-refractivity contribution is 6.09. The smallest absolute Gasteiger partial charge is 0.255 e. The Bertz CT molecular complexity index is 924. The van der Waals surface area contributed by atoms with Gasteiger partial charge in [0.1, 0.15) is 18.1 Å². The summed E-state index contributed by atoms with van der Waals surface area (Å²) in [6.07, 6.45) is 3.44. The second-order valence-electron chi connectivity index (χ2n) is 6.40. The number of rotatable bonds is 7. The minimum absolute atomic E-state index is 0.193. The van der Waals surface area contributed by atoms with Gasteiger partial charge in [0.05, 0.1) is 12.8 Å². The van der Waals surface area contributed by atoms with Crippen LogP contribution in [0.5, 0.6) is 11.5 Å². The molecule has 0 saturated carbocycles. The average Bonchev–Trinajstić information content (AvgIpc) is 2.68. The number of hydrogen-bond acceptors (Lipinski definition) is 5. The van der Waals surface area contributed by atoms with Crippen LogP contribution in [-0.2, 0) is 0 Å². The number of anilines is 1. The number of hydrogen-bond donors (Lipinski definition) is 1. The number of amides is 1. The lowest BCUT2D eigenvalue weighted by Crippen LogP contribution is -2.19. The summed E-state index contributed by atoms with van der Waals surface area (Å²) in [6, 6.07) is 12.7. The van der Waals surface area contributed by atoms with Crippen molar-refractivity contribution in [2.45, 2.75) is 0 Å². The quantitative estimate of drug-likeness (QED) is 0.695. The highest BCUT2D eigenvalue weighted by Crippen LogP contribution is 2.29. The van der Waals surface area contributed by atoms with E-state index in [9.17, 15) is 4.79 Å². The highest BCUT2D eigenvalue weighted by atomic mass is 16.5. The number of likely N-dealkylation sites (N-methyl/N-ethyl adjacent to an activating group) is 1. The maximum Gasteiger partial charge on any atom is 0.255 e. The van der Waals surface area contributed by atoms with Crippen LogP contribution in [0.25, 0.3) is 10.8 Å². The van der Waals surface area contributed by atoms with Gasteiger partial charge in [-0.05, 0) is 50.5 Å². The molecule has 0 radical (unpaired) electrons. The van der Waals surface area contributed by atoms with Crippen molar-refractivity contribution in [2.75, 3.05) is 39.7 Å². The number of fused-ring (bicyclic) bond motifs is 1. The van der Waals surface area contributed by atoms with E-state index in [1.54, 1.807) is 49.8 Å². The summed E-state index contributed by atoms with van der Waals surface area (Å²) in [5.74, 6) is 1.21. The number of benzene rings is 2. The molecule has 0 saturated heterocycles. The molecule has 0 aliphatic carbocycles. The summed E-state index contributed by atoms with van der Waals surface area (Å²) in [5, 5.41) is 4.76. The second-order valence-corrected chi connectivity index (χ2v) is 6.40. The molecule has 0 aliphatic heterocycles. The Morgan fingerprint density at radius 1 is 1.11 bits per heavy atom. The number of methoxy groups -OCH3 is 1. The Balaban J connectivity index is 1.74. The first kappa shape index (κ1) is 18.7. The van der Waals surface area contributed by atoms with E-state index in [4.69, 9.17) is 9.47 Å². The first-order chi connectivity index (χ1) is 13.1. The number of nitrogens with one attached hydrogen (secondary N) is 1. The summed E-state index contributed by atoms with van der Waals surface area (Å²) in [5.41, 5.74) is 1.24. The Morgan fingerprint density at radius 2 is 1.89 bits per heavy atom. The average molecular weight is 365 g/mol. The summed E-state index contributed by atoms with van der Waals surface area (Å²) >= 11 is 0. The van der Waals surface area contributed by atoms with Crippen LogP contribution in [0.1, 0.15) is 10.4 Å². The third-order valence-corrected chi connectivity index (χ3v) is 4.13. The van der Waals surface area contributed by atoms with Gasteiger partial charge in [-0.2, -0.15) is 0 Å². The Hall–Kier alpha value is -3.12. The standard InChI is InChI=1S/C21H23N3O3/c1-24(2)10-11-27-17-6-4-15(5-7-17)21(25)23-20-13-18(26-3)12-16-14-22-9-8-19(16)20/h4-9,12-14H,10-11H2,1-3H3,(H,23,25). The van der Waals surface area contributed by atoms with Gasteiger partial charge in [0.15, 0.2) is 0 Å². The fourth-order valence-electron chi connectivity index (χ4n) is 2.65. The maximum atomic E-state index is 12.7. The summed E-state index contributed by atoms with van der Waals surface area (Å²) in [4.78, 5) is 18.8. The van der Waals surface area contributed by atoms with Crippen LogP contribution < -0.4 is 14.8 Å². The van der Waals surface area contributed by atoms with Gasteiger partial charge in [-0.3, -0.25) is 9.78 Å². The van der Waals surface area contributed by atoms with Crippen molar-refractivity contribution < 1.29 is 14.3 Å². The number of carbonyl (C=O) groups excluding carboxylic acids is 1. The molecule has 0 spiro atoms. The molecule has 3 aromatic rings. The first-order valence-electron chi connectivity index (χ1n) is 8.67. The molecule has 0 fully saturated rings. The van der Waals surface area contributed by atoms with Gasteiger partial charge in [0.2, 0.25) is 0 Å². The molecular weight excluding hydrogens is 342 g/mol. The van der Waals surface area contributed by atoms with Crippen molar-refractivity contribution in [2.24, 2.45) is 0 Å². The largest absolute Gasteiger partial charge is 0.497 e. The molecule has 1 aromatic heterocycles. The van der Waals surface area contributed by atoms with Crippen molar-refractivity contribution in [3.05, 3.63) is 60.4 Å². The topological polar surface area (TPSA) is 63.7 Å². The molecule has 3 rings (SSSR count). The second kappa shape index (κ2) is 8.51. The lowest BCUT2D eigenvalue weighted by Gasteiger charge is -2.12. The van der Waals surface area contributed by atoms with Crippen LogP contribution in [0.2, 0.25) is 0 Å². The minimum Gasteiger partial charge on any atom is -0.497 e. The molecule has 1 N–H and O–H groups in total. The van der Waals surface area contributed by atoms with Gasteiger partial charge < -0.3 is 19.7 Å². The molecule has 0 unspecified atom stereocenters.